The summed E-state index contributed by atoms with van der Waals surface area (Å²) in [6.45, 7) is 6.83. The second-order valence-corrected chi connectivity index (χ2v) is 6.16. The standard InChI is InChI=1S/C17H28N2O/c1-13(11-15-6-8-17(20-3)9-7-15)19-10-4-5-16(12-19)14(2)18/h6-9,13-14,16H,4-5,10-12,18H2,1-3H3. The maximum Gasteiger partial charge on any atom is 0.118 e. The van der Waals surface area contributed by atoms with Crippen LogP contribution in [0.1, 0.15) is 32.3 Å². The molecule has 0 radical (unpaired) electrons. The highest BCUT2D eigenvalue weighted by Gasteiger charge is 2.25. The normalized spacial score (nSPS) is 23.3. The zero-order valence-electron chi connectivity index (χ0n) is 13.0. The van der Waals surface area contributed by atoms with Gasteiger partial charge in [0, 0.05) is 18.6 Å². The van der Waals surface area contributed by atoms with Crippen molar-refractivity contribution < 1.29 is 4.74 Å². The van der Waals surface area contributed by atoms with Crippen molar-refractivity contribution in [1.29, 1.82) is 0 Å². The smallest absolute Gasteiger partial charge is 0.118 e. The fraction of sp³-hybridized carbons (Fsp3) is 0.647. The number of methoxy groups -OCH3 is 1. The second-order valence-electron chi connectivity index (χ2n) is 6.16. The summed E-state index contributed by atoms with van der Waals surface area (Å²) < 4.78 is 5.21. The minimum atomic E-state index is 0.311. The predicted molar refractivity (Wildman–Crippen MR) is 84.1 cm³/mol. The van der Waals surface area contributed by atoms with E-state index in [4.69, 9.17) is 10.5 Å². The molecule has 3 nitrogen and oxygen atoms in total. The van der Waals surface area contributed by atoms with Gasteiger partial charge in [-0.2, -0.15) is 0 Å². The molecule has 2 N–H and O–H groups in total. The van der Waals surface area contributed by atoms with Crippen LogP contribution in [0.5, 0.6) is 5.75 Å². The molecule has 0 saturated carbocycles. The van der Waals surface area contributed by atoms with E-state index in [0.29, 0.717) is 18.0 Å². The van der Waals surface area contributed by atoms with Crippen LogP contribution < -0.4 is 10.5 Å². The van der Waals surface area contributed by atoms with E-state index in [1.165, 1.54) is 24.9 Å². The molecule has 1 aliphatic rings. The first kappa shape index (κ1) is 15.3. The van der Waals surface area contributed by atoms with Crippen molar-refractivity contribution in [3.05, 3.63) is 29.8 Å². The van der Waals surface area contributed by atoms with Gasteiger partial charge in [0.25, 0.3) is 0 Å². The fourth-order valence-electron chi connectivity index (χ4n) is 3.10. The number of hydrogen-bond donors (Lipinski definition) is 1. The maximum absolute atomic E-state index is 6.07. The number of piperidine rings is 1. The topological polar surface area (TPSA) is 38.5 Å². The molecule has 112 valence electrons. The number of nitrogens with two attached hydrogens (primary N) is 1. The lowest BCUT2D eigenvalue weighted by Crippen LogP contribution is -2.46. The molecule has 1 fully saturated rings. The Morgan fingerprint density at radius 3 is 2.60 bits per heavy atom. The van der Waals surface area contributed by atoms with Gasteiger partial charge < -0.3 is 10.5 Å². The number of ether oxygens (including phenoxy) is 1. The van der Waals surface area contributed by atoms with Gasteiger partial charge in [0.2, 0.25) is 0 Å². The molecule has 1 aliphatic heterocycles. The third kappa shape index (κ3) is 3.97. The van der Waals surface area contributed by atoms with Crippen molar-refractivity contribution in [2.24, 2.45) is 11.7 Å². The number of rotatable bonds is 5. The molecule has 2 rings (SSSR count). The van der Waals surface area contributed by atoms with Gasteiger partial charge in [-0.3, -0.25) is 4.90 Å². The molecule has 3 unspecified atom stereocenters. The monoisotopic (exact) mass is 276 g/mol. The Hall–Kier alpha value is -1.06. The zero-order chi connectivity index (χ0) is 14.5. The summed E-state index contributed by atoms with van der Waals surface area (Å²) in [6.07, 6.45) is 3.65. The first-order chi connectivity index (χ1) is 9.60. The highest BCUT2D eigenvalue weighted by Crippen LogP contribution is 2.22. The van der Waals surface area contributed by atoms with Crippen LogP contribution >= 0.6 is 0 Å². The molecule has 1 heterocycles. The maximum atomic E-state index is 6.07. The Morgan fingerprint density at radius 1 is 1.30 bits per heavy atom. The SMILES string of the molecule is COc1ccc(CC(C)N2CCCC(C(C)N)C2)cc1. The zero-order valence-corrected chi connectivity index (χ0v) is 13.0. The summed E-state index contributed by atoms with van der Waals surface area (Å²) in [7, 11) is 1.71. The second kappa shape index (κ2) is 7.09. The Morgan fingerprint density at radius 2 is 2.00 bits per heavy atom. The lowest BCUT2D eigenvalue weighted by molar-refractivity contribution is 0.121. The minimum absolute atomic E-state index is 0.311. The average Bonchev–Trinajstić information content (AvgIpc) is 2.48. The molecular formula is C17H28N2O. The quantitative estimate of drug-likeness (QED) is 0.898. The molecule has 0 spiro atoms. The van der Waals surface area contributed by atoms with Crippen LogP contribution in [-0.4, -0.2) is 37.2 Å². The molecular weight excluding hydrogens is 248 g/mol. The lowest BCUT2D eigenvalue weighted by atomic mass is 9.90. The summed E-state index contributed by atoms with van der Waals surface area (Å²) in [4.78, 5) is 2.60. The van der Waals surface area contributed by atoms with Gasteiger partial charge in [-0.15, -0.1) is 0 Å². The molecule has 3 heteroatoms. The molecule has 0 aliphatic carbocycles. The van der Waals surface area contributed by atoms with E-state index >= 15 is 0 Å². The summed E-state index contributed by atoms with van der Waals surface area (Å²) >= 11 is 0. The Labute approximate surface area is 123 Å². The van der Waals surface area contributed by atoms with Crippen molar-refractivity contribution in [2.75, 3.05) is 20.2 Å². The van der Waals surface area contributed by atoms with E-state index < -0.39 is 0 Å². The Bertz CT molecular complexity index is 402. The van der Waals surface area contributed by atoms with E-state index in [0.717, 1.165) is 18.7 Å². The van der Waals surface area contributed by atoms with E-state index in [2.05, 4.69) is 30.9 Å². The largest absolute Gasteiger partial charge is 0.497 e. The van der Waals surface area contributed by atoms with Crippen LogP contribution in [0.2, 0.25) is 0 Å². The molecule has 3 atom stereocenters. The van der Waals surface area contributed by atoms with Gasteiger partial charge in [-0.25, -0.2) is 0 Å². The number of likely N-dealkylation sites (tertiary alicyclic amines) is 1. The van der Waals surface area contributed by atoms with Gasteiger partial charge in [-0.1, -0.05) is 12.1 Å². The molecule has 1 aromatic carbocycles. The van der Waals surface area contributed by atoms with Crippen LogP contribution in [-0.2, 0) is 6.42 Å². The van der Waals surface area contributed by atoms with E-state index in [9.17, 15) is 0 Å². The molecule has 0 amide bonds. The summed E-state index contributed by atoms with van der Waals surface area (Å²) in [5, 5.41) is 0. The minimum Gasteiger partial charge on any atom is -0.497 e. The van der Waals surface area contributed by atoms with Crippen LogP contribution in [0.25, 0.3) is 0 Å². The van der Waals surface area contributed by atoms with E-state index in [1.807, 2.05) is 12.1 Å². The Balaban J connectivity index is 1.91. The van der Waals surface area contributed by atoms with Crippen molar-refractivity contribution in [3.63, 3.8) is 0 Å². The van der Waals surface area contributed by atoms with E-state index in [1.54, 1.807) is 7.11 Å². The third-order valence-corrected chi connectivity index (χ3v) is 4.55. The third-order valence-electron chi connectivity index (χ3n) is 4.55. The van der Waals surface area contributed by atoms with Gasteiger partial charge in [0.1, 0.15) is 5.75 Å². The molecule has 0 aromatic heterocycles. The highest BCUT2D eigenvalue weighted by atomic mass is 16.5. The summed E-state index contributed by atoms with van der Waals surface area (Å²) in [5.41, 5.74) is 7.45. The molecule has 20 heavy (non-hydrogen) atoms. The molecule has 1 aromatic rings. The molecule has 1 saturated heterocycles. The van der Waals surface area contributed by atoms with Crippen molar-refractivity contribution in [2.45, 2.75) is 45.2 Å². The van der Waals surface area contributed by atoms with Crippen LogP contribution in [0, 0.1) is 5.92 Å². The van der Waals surface area contributed by atoms with Gasteiger partial charge in [0.15, 0.2) is 0 Å². The first-order valence-electron chi connectivity index (χ1n) is 7.72. The van der Waals surface area contributed by atoms with Gasteiger partial charge in [0.05, 0.1) is 7.11 Å². The average molecular weight is 276 g/mol. The van der Waals surface area contributed by atoms with Crippen LogP contribution in [0.4, 0.5) is 0 Å². The van der Waals surface area contributed by atoms with Crippen LogP contribution in [0.3, 0.4) is 0 Å². The van der Waals surface area contributed by atoms with Crippen LogP contribution in [0.15, 0.2) is 24.3 Å². The Kier molecular flexibility index (Phi) is 5.44. The number of benzene rings is 1. The highest BCUT2D eigenvalue weighted by molar-refractivity contribution is 5.27. The van der Waals surface area contributed by atoms with Crippen molar-refractivity contribution in [3.8, 4) is 5.75 Å². The number of nitrogens with zero attached hydrogens (tertiary/aromatic N) is 1. The van der Waals surface area contributed by atoms with Gasteiger partial charge in [-0.05, 0) is 63.3 Å². The van der Waals surface area contributed by atoms with Crippen molar-refractivity contribution in [1.82, 2.24) is 4.90 Å². The number of hydrogen-bond acceptors (Lipinski definition) is 3. The predicted octanol–water partition coefficient (Wildman–Crippen LogP) is 2.69. The van der Waals surface area contributed by atoms with Gasteiger partial charge >= 0.3 is 0 Å². The lowest BCUT2D eigenvalue weighted by Gasteiger charge is -2.38. The first-order valence-corrected chi connectivity index (χ1v) is 7.72. The van der Waals surface area contributed by atoms with Crippen molar-refractivity contribution >= 4 is 0 Å². The fourth-order valence-corrected chi connectivity index (χ4v) is 3.10. The summed E-state index contributed by atoms with van der Waals surface area (Å²) in [6, 6.07) is 9.31. The molecule has 0 bridgehead atoms. The van der Waals surface area contributed by atoms with E-state index in [-0.39, 0.29) is 0 Å². The summed E-state index contributed by atoms with van der Waals surface area (Å²) in [5.74, 6) is 1.58.